The normalized spacial score (nSPS) is 39.8. The van der Waals surface area contributed by atoms with Crippen molar-refractivity contribution in [3.05, 3.63) is 0 Å². The Morgan fingerprint density at radius 1 is 1.12 bits per heavy atom. The Morgan fingerprint density at radius 2 is 1.62 bits per heavy atom. The highest BCUT2D eigenvalue weighted by atomic mass is 16.6. The first-order valence-corrected chi connectivity index (χ1v) is 5.68. The largest absolute Gasteiger partial charge is 0.388 e. The zero-order valence-electron chi connectivity index (χ0n) is 11.0. The number of methoxy groups -OCH3 is 1. The third-order valence-corrected chi connectivity index (χ3v) is 3.19. The molecule has 96 valence electrons. The lowest BCUT2D eigenvalue weighted by Crippen LogP contribution is -2.65. The molecule has 4 atom stereocenters. The van der Waals surface area contributed by atoms with Crippen molar-refractivity contribution in [2.75, 3.05) is 7.11 Å². The van der Waals surface area contributed by atoms with E-state index in [0.29, 0.717) is 0 Å². The minimum Gasteiger partial charge on any atom is -0.388 e. The van der Waals surface area contributed by atoms with Crippen LogP contribution in [0.15, 0.2) is 0 Å². The molecule has 2 unspecified atom stereocenters. The van der Waals surface area contributed by atoms with Crippen molar-refractivity contribution >= 4 is 0 Å². The first-order valence-electron chi connectivity index (χ1n) is 5.68. The lowest BCUT2D eigenvalue weighted by Gasteiger charge is -2.50. The van der Waals surface area contributed by atoms with Crippen LogP contribution < -0.4 is 0 Å². The zero-order chi connectivity index (χ0) is 12.7. The Morgan fingerprint density at radius 3 is 2.00 bits per heavy atom. The summed E-state index contributed by atoms with van der Waals surface area (Å²) < 4.78 is 11.1. The summed E-state index contributed by atoms with van der Waals surface area (Å²) in [7, 11) is 1.52. The van der Waals surface area contributed by atoms with Gasteiger partial charge in [-0.05, 0) is 19.3 Å². The second kappa shape index (κ2) is 4.26. The molecule has 1 fully saturated rings. The predicted octanol–water partition coefficient (Wildman–Crippen LogP) is 0.947. The molecule has 0 amide bonds. The van der Waals surface area contributed by atoms with Crippen molar-refractivity contribution in [3.8, 4) is 0 Å². The van der Waals surface area contributed by atoms with Crippen LogP contribution in [0.25, 0.3) is 0 Å². The molecule has 4 heteroatoms. The van der Waals surface area contributed by atoms with Gasteiger partial charge >= 0.3 is 0 Å². The molecular formula is C12H24O4. The Labute approximate surface area is 97.6 Å². The molecule has 0 saturated carbocycles. The van der Waals surface area contributed by atoms with Crippen molar-refractivity contribution < 1.29 is 19.7 Å². The van der Waals surface area contributed by atoms with E-state index in [1.807, 2.05) is 34.6 Å². The fourth-order valence-electron chi connectivity index (χ4n) is 2.35. The summed E-state index contributed by atoms with van der Waals surface area (Å²) >= 11 is 0. The fraction of sp³-hybridized carbons (Fsp3) is 1.00. The lowest BCUT2D eigenvalue weighted by atomic mass is 9.77. The Bertz CT molecular complexity index is 242. The number of rotatable bonds is 1. The minimum absolute atomic E-state index is 0.226. The molecule has 0 radical (unpaired) electrons. The molecule has 16 heavy (non-hydrogen) atoms. The number of aliphatic hydroxyl groups is 2. The van der Waals surface area contributed by atoms with E-state index in [1.165, 1.54) is 7.11 Å². The maximum absolute atomic E-state index is 10.1. The van der Waals surface area contributed by atoms with Crippen LogP contribution in [0.4, 0.5) is 0 Å². The van der Waals surface area contributed by atoms with Crippen molar-refractivity contribution in [1.29, 1.82) is 0 Å². The van der Waals surface area contributed by atoms with Gasteiger partial charge in [0.05, 0.1) is 11.7 Å². The molecule has 4 nitrogen and oxygen atoms in total. The summed E-state index contributed by atoms with van der Waals surface area (Å²) in [5.41, 5.74) is -0.832. The second-order valence-corrected chi connectivity index (χ2v) is 6.15. The number of hydrogen-bond acceptors (Lipinski definition) is 4. The third kappa shape index (κ3) is 2.40. The molecule has 0 aromatic carbocycles. The van der Waals surface area contributed by atoms with Gasteiger partial charge in [0, 0.05) is 7.11 Å². The van der Waals surface area contributed by atoms with Gasteiger partial charge in [0.15, 0.2) is 0 Å². The van der Waals surface area contributed by atoms with Gasteiger partial charge < -0.3 is 19.7 Å². The number of hydrogen-bond donors (Lipinski definition) is 2. The van der Waals surface area contributed by atoms with Gasteiger partial charge in [0.1, 0.15) is 18.3 Å². The highest BCUT2D eigenvalue weighted by Gasteiger charge is 2.52. The van der Waals surface area contributed by atoms with Crippen LogP contribution in [0.5, 0.6) is 0 Å². The molecule has 1 heterocycles. The lowest BCUT2D eigenvalue weighted by molar-refractivity contribution is -0.281. The molecule has 2 N–H and O–H groups in total. The van der Waals surface area contributed by atoms with E-state index in [0.717, 1.165) is 0 Å². The van der Waals surface area contributed by atoms with Crippen LogP contribution in [0, 0.1) is 5.41 Å². The average molecular weight is 232 g/mol. The maximum Gasteiger partial charge on any atom is 0.114 e. The molecule has 1 saturated heterocycles. The van der Waals surface area contributed by atoms with Crippen molar-refractivity contribution in [2.24, 2.45) is 5.41 Å². The van der Waals surface area contributed by atoms with Crippen LogP contribution in [0.2, 0.25) is 0 Å². The van der Waals surface area contributed by atoms with E-state index in [1.54, 1.807) is 0 Å². The maximum atomic E-state index is 10.1. The third-order valence-electron chi connectivity index (χ3n) is 3.19. The van der Waals surface area contributed by atoms with Crippen molar-refractivity contribution in [2.45, 2.75) is 64.6 Å². The van der Waals surface area contributed by atoms with E-state index in [9.17, 15) is 10.2 Å². The van der Waals surface area contributed by atoms with Gasteiger partial charge in [0.25, 0.3) is 0 Å². The monoisotopic (exact) mass is 232 g/mol. The summed E-state index contributed by atoms with van der Waals surface area (Å²) in [6.45, 7) is 9.69. The van der Waals surface area contributed by atoms with Crippen LogP contribution >= 0.6 is 0 Å². The Balaban J connectivity index is 2.97. The molecular weight excluding hydrogens is 208 g/mol. The predicted molar refractivity (Wildman–Crippen MR) is 61.2 cm³/mol. The minimum atomic E-state index is -0.919. The average Bonchev–Trinajstić information content (AvgIpc) is 2.10. The first-order chi connectivity index (χ1) is 7.11. The van der Waals surface area contributed by atoms with E-state index >= 15 is 0 Å². The highest BCUT2D eigenvalue weighted by Crippen LogP contribution is 2.38. The molecule has 1 aliphatic rings. The van der Waals surface area contributed by atoms with Crippen LogP contribution in [-0.4, -0.2) is 47.3 Å². The highest BCUT2D eigenvalue weighted by molar-refractivity contribution is 5.01. The van der Waals surface area contributed by atoms with Gasteiger partial charge in [-0.15, -0.1) is 0 Å². The van der Waals surface area contributed by atoms with Gasteiger partial charge in [-0.25, -0.2) is 0 Å². The molecule has 0 aliphatic carbocycles. The van der Waals surface area contributed by atoms with E-state index in [-0.39, 0.29) is 5.41 Å². The summed E-state index contributed by atoms with van der Waals surface area (Å²) in [5.74, 6) is 0. The summed E-state index contributed by atoms with van der Waals surface area (Å²) in [4.78, 5) is 0. The van der Waals surface area contributed by atoms with Crippen LogP contribution in [0.1, 0.15) is 34.6 Å². The van der Waals surface area contributed by atoms with Crippen LogP contribution in [0.3, 0.4) is 0 Å². The number of ether oxygens (including phenoxy) is 2. The summed E-state index contributed by atoms with van der Waals surface area (Å²) in [5, 5.41) is 20.1. The number of aliphatic hydroxyl groups excluding tert-OH is 2. The molecule has 0 aromatic heterocycles. The van der Waals surface area contributed by atoms with Gasteiger partial charge in [0.2, 0.25) is 0 Å². The van der Waals surface area contributed by atoms with E-state index in [4.69, 9.17) is 9.47 Å². The smallest absolute Gasteiger partial charge is 0.114 e. The van der Waals surface area contributed by atoms with Crippen molar-refractivity contribution in [3.63, 3.8) is 0 Å². The topological polar surface area (TPSA) is 58.9 Å². The van der Waals surface area contributed by atoms with Gasteiger partial charge in [-0.1, -0.05) is 20.8 Å². The molecule has 0 aromatic rings. The Kier molecular flexibility index (Phi) is 3.70. The molecule has 1 rings (SSSR count). The molecule has 0 spiro atoms. The second-order valence-electron chi connectivity index (χ2n) is 6.15. The SMILES string of the molecule is CO[C@@H]1[C@H](O)C(O)C(C(C)(C)C)OC1(C)C. The van der Waals surface area contributed by atoms with E-state index < -0.39 is 30.0 Å². The summed E-state index contributed by atoms with van der Waals surface area (Å²) in [6, 6.07) is 0. The first kappa shape index (κ1) is 13.9. The van der Waals surface area contributed by atoms with Gasteiger partial charge in [-0.3, -0.25) is 0 Å². The summed E-state index contributed by atoms with van der Waals surface area (Å²) in [6.07, 6.45) is -2.75. The van der Waals surface area contributed by atoms with E-state index in [2.05, 4.69) is 0 Å². The van der Waals surface area contributed by atoms with Gasteiger partial charge in [-0.2, -0.15) is 0 Å². The quantitative estimate of drug-likeness (QED) is 0.706. The Hall–Kier alpha value is -0.160. The van der Waals surface area contributed by atoms with Crippen LogP contribution in [-0.2, 0) is 9.47 Å². The van der Waals surface area contributed by atoms with Crippen molar-refractivity contribution in [1.82, 2.24) is 0 Å². The molecule has 0 bridgehead atoms. The fourth-order valence-corrected chi connectivity index (χ4v) is 2.35. The standard InChI is InChI=1S/C12H24O4/c1-11(2,3)9-7(13)8(14)10(15-6)12(4,5)16-9/h7-10,13-14H,1-6H3/t7?,8-,9?,10-/m1/s1. The zero-order valence-corrected chi connectivity index (χ0v) is 11.0. The molecule has 1 aliphatic heterocycles.